The van der Waals surface area contributed by atoms with Crippen molar-refractivity contribution in [1.82, 2.24) is 5.32 Å². The fourth-order valence-corrected chi connectivity index (χ4v) is 2.13. The summed E-state index contributed by atoms with van der Waals surface area (Å²) in [7, 11) is 0. The van der Waals surface area contributed by atoms with E-state index >= 15 is 0 Å². The van der Waals surface area contributed by atoms with Crippen molar-refractivity contribution in [3.8, 4) is 5.75 Å². The first-order valence-electron chi connectivity index (χ1n) is 6.49. The van der Waals surface area contributed by atoms with Crippen molar-refractivity contribution >= 4 is 11.6 Å². The monoisotopic (exact) mass is 264 g/mol. The molecule has 3 N–H and O–H groups in total. The highest BCUT2D eigenvalue weighted by atomic mass is 16.5. The second-order valence-corrected chi connectivity index (χ2v) is 4.85. The number of carbonyl (C=O) groups is 1. The van der Waals surface area contributed by atoms with Crippen LogP contribution in [0.25, 0.3) is 0 Å². The van der Waals surface area contributed by atoms with Crippen molar-refractivity contribution in [2.75, 3.05) is 25.0 Å². The molecule has 19 heavy (non-hydrogen) atoms. The van der Waals surface area contributed by atoms with Gasteiger partial charge in [0, 0.05) is 24.3 Å². The maximum Gasteiger partial charge on any atom is 0.227 e. The van der Waals surface area contributed by atoms with E-state index in [1.54, 1.807) is 13.0 Å². The van der Waals surface area contributed by atoms with Crippen LogP contribution in [0.4, 0.5) is 5.69 Å². The molecule has 5 nitrogen and oxygen atoms in total. The van der Waals surface area contributed by atoms with Crippen molar-refractivity contribution in [3.63, 3.8) is 0 Å². The number of rotatable bonds is 3. The van der Waals surface area contributed by atoms with Gasteiger partial charge in [0.25, 0.3) is 0 Å². The molecule has 1 heterocycles. The molecule has 1 aromatic rings. The Kier molecular flexibility index (Phi) is 4.39. The van der Waals surface area contributed by atoms with Gasteiger partial charge in [-0.1, -0.05) is 6.07 Å². The van der Waals surface area contributed by atoms with Gasteiger partial charge in [-0.15, -0.1) is 0 Å². The van der Waals surface area contributed by atoms with E-state index in [-0.39, 0.29) is 17.8 Å². The Bertz CT molecular complexity index is 468. The first-order valence-corrected chi connectivity index (χ1v) is 6.49. The van der Waals surface area contributed by atoms with Gasteiger partial charge in [-0.25, -0.2) is 0 Å². The summed E-state index contributed by atoms with van der Waals surface area (Å²) < 4.78 is 5.49. The van der Waals surface area contributed by atoms with Gasteiger partial charge in [-0.2, -0.15) is 0 Å². The molecule has 1 saturated heterocycles. The van der Waals surface area contributed by atoms with Crippen LogP contribution in [0.1, 0.15) is 17.5 Å². The SMILES string of the molecule is Cc1ccc(NC(=O)CC2CNCCO2)c(C)c1O. The second-order valence-electron chi connectivity index (χ2n) is 4.85. The fourth-order valence-electron chi connectivity index (χ4n) is 2.13. The van der Waals surface area contributed by atoms with Crippen LogP contribution < -0.4 is 10.6 Å². The average molecular weight is 264 g/mol. The lowest BCUT2D eigenvalue weighted by molar-refractivity contribution is -0.119. The molecular weight excluding hydrogens is 244 g/mol. The Labute approximate surface area is 113 Å². The van der Waals surface area contributed by atoms with Gasteiger partial charge >= 0.3 is 0 Å². The third kappa shape index (κ3) is 3.45. The number of anilines is 1. The zero-order valence-corrected chi connectivity index (χ0v) is 11.3. The quantitative estimate of drug-likeness (QED) is 0.770. The summed E-state index contributed by atoms with van der Waals surface area (Å²) in [4.78, 5) is 11.9. The van der Waals surface area contributed by atoms with Crippen molar-refractivity contribution in [2.45, 2.75) is 26.4 Å². The van der Waals surface area contributed by atoms with Gasteiger partial charge in [-0.05, 0) is 25.5 Å². The molecule has 1 atom stereocenters. The van der Waals surface area contributed by atoms with Crippen LogP contribution in [0.2, 0.25) is 0 Å². The van der Waals surface area contributed by atoms with Gasteiger partial charge in [0.15, 0.2) is 0 Å². The minimum absolute atomic E-state index is 0.0758. The summed E-state index contributed by atoms with van der Waals surface area (Å²) in [6, 6.07) is 3.60. The fraction of sp³-hybridized carbons (Fsp3) is 0.500. The van der Waals surface area contributed by atoms with E-state index in [1.807, 2.05) is 13.0 Å². The van der Waals surface area contributed by atoms with Gasteiger partial charge < -0.3 is 20.5 Å². The highest BCUT2D eigenvalue weighted by molar-refractivity contribution is 5.92. The number of nitrogens with one attached hydrogen (secondary N) is 2. The second kappa shape index (κ2) is 6.04. The predicted octanol–water partition coefficient (Wildman–Crippen LogP) is 1.33. The molecule has 0 radical (unpaired) electrons. The minimum atomic E-state index is -0.0972. The molecular formula is C14H20N2O3. The molecule has 1 aromatic carbocycles. The lowest BCUT2D eigenvalue weighted by Crippen LogP contribution is -2.40. The maximum atomic E-state index is 11.9. The van der Waals surface area contributed by atoms with E-state index in [0.717, 1.165) is 12.1 Å². The van der Waals surface area contributed by atoms with Crippen LogP contribution in [0, 0.1) is 13.8 Å². The average Bonchev–Trinajstić information content (AvgIpc) is 2.41. The molecule has 1 amide bonds. The molecule has 1 aliphatic rings. The Hall–Kier alpha value is -1.59. The summed E-state index contributed by atoms with van der Waals surface area (Å²) in [5.74, 6) is 0.133. The number of hydrogen-bond donors (Lipinski definition) is 3. The molecule has 1 unspecified atom stereocenters. The van der Waals surface area contributed by atoms with Crippen LogP contribution in [0.15, 0.2) is 12.1 Å². The van der Waals surface area contributed by atoms with Crippen molar-refractivity contribution in [3.05, 3.63) is 23.3 Å². The Balaban J connectivity index is 1.97. The molecule has 1 fully saturated rings. The first-order chi connectivity index (χ1) is 9.08. The number of phenolic OH excluding ortho intramolecular Hbond substituents is 1. The van der Waals surface area contributed by atoms with Crippen molar-refractivity contribution in [1.29, 1.82) is 0 Å². The Morgan fingerprint density at radius 1 is 1.53 bits per heavy atom. The molecule has 0 bridgehead atoms. The maximum absolute atomic E-state index is 11.9. The molecule has 104 valence electrons. The van der Waals surface area contributed by atoms with Crippen LogP contribution in [0.3, 0.4) is 0 Å². The number of amides is 1. The Morgan fingerprint density at radius 2 is 2.32 bits per heavy atom. The van der Waals surface area contributed by atoms with Crippen LogP contribution in [-0.4, -0.2) is 36.8 Å². The molecule has 1 aliphatic heterocycles. The number of phenols is 1. The zero-order valence-electron chi connectivity index (χ0n) is 11.3. The van der Waals surface area contributed by atoms with E-state index in [2.05, 4.69) is 10.6 Å². The lowest BCUT2D eigenvalue weighted by Gasteiger charge is -2.23. The number of aryl methyl sites for hydroxylation is 1. The Morgan fingerprint density at radius 3 is 3.00 bits per heavy atom. The summed E-state index contributed by atoms with van der Waals surface area (Å²) in [6.07, 6.45) is 0.245. The zero-order chi connectivity index (χ0) is 13.8. The number of ether oxygens (including phenoxy) is 1. The smallest absolute Gasteiger partial charge is 0.227 e. The number of benzene rings is 1. The number of morpholine rings is 1. The third-order valence-corrected chi connectivity index (χ3v) is 3.32. The van der Waals surface area contributed by atoms with Gasteiger partial charge in [0.1, 0.15) is 5.75 Å². The molecule has 0 spiro atoms. The lowest BCUT2D eigenvalue weighted by atomic mass is 10.1. The highest BCUT2D eigenvalue weighted by Crippen LogP contribution is 2.28. The van der Waals surface area contributed by atoms with Crippen LogP contribution >= 0.6 is 0 Å². The molecule has 2 rings (SSSR count). The predicted molar refractivity (Wildman–Crippen MR) is 73.4 cm³/mol. The summed E-state index contributed by atoms with van der Waals surface area (Å²) in [6.45, 7) is 5.79. The molecule has 0 aromatic heterocycles. The first kappa shape index (κ1) is 13.8. The molecule has 5 heteroatoms. The van der Waals surface area contributed by atoms with Gasteiger partial charge in [0.2, 0.25) is 5.91 Å². The van der Waals surface area contributed by atoms with Crippen LogP contribution in [0.5, 0.6) is 5.75 Å². The summed E-state index contributed by atoms with van der Waals surface area (Å²) >= 11 is 0. The van der Waals surface area contributed by atoms with E-state index in [0.29, 0.717) is 30.8 Å². The number of aromatic hydroxyl groups is 1. The van der Waals surface area contributed by atoms with Crippen molar-refractivity contribution in [2.24, 2.45) is 0 Å². The number of hydrogen-bond acceptors (Lipinski definition) is 4. The normalized spacial score (nSPS) is 19.2. The van der Waals surface area contributed by atoms with Gasteiger partial charge in [0.05, 0.1) is 19.1 Å². The van der Waals surface area contributed by atoms with Gasteiger partial charge in [-0.3, -0.25) is 4.79 Å². The topological polar surface area (TPSA) is 70.6 Å². The third-order valence-electron chi connectivity index (χ3n) is 3.32. The largest absolute Gasteiger partial charge is 0.507 e. The van der Waals surface area contributed by atoms with E-state index in [4.69, 9.17) is 4.74 Å². The van der Waals surface area contributed by atoms with Crippen molar-refractivity contribution < 1.29 is 14.6 Å². The van der Waals surface area contributed by atoms with E-state index in [9.17, 15) is 9.90 Å². The van der Waals surface area contributed by atoms with E-state index in [1.165, 1.54) is 0 Å². The van der Waals surface area contributed by atoms with Crippen LogP contribution in [-0.2, 0) is 9.53 Å². The minimum Gasteiger partial charge on any atom is -0.507 e. The van der Waals surface area contributed by atoms with E-state index < -0.39 is 0 Å². The summed E-state index contributed by atoms with van der Waals surface area (Å²) in [5.41, 5.74) is 2.14. The standard InChI is InChI=1S/C14H20N2O3/c1-9-3-4-12(10(2)14(9)18)16-13(17)7-11-8-15-5-6-19-11/h3-4,11,15,18H,5-8H2,1-2H3,(H,16,17). The molecule has 0 saturated carbocycles. The number of carbonyl (C=O) groups excluding carboxylic acids is 1. The molecule has 0 aliphatic carbocycles. The summed E-state index contributed by atoms with van der Waals surface area (Å²) in [5, 5.41) is 15.8. The highest BCUT2D eigenvalue weighted by Gasteiger charge is 2.18.